The molecule has 1 aliphatic carbocycles. The first-order valence-corrected chi connectivity index (χ1v) is 4.75. The molecule has 0 heterocycles. The van der Waals surface area contributed by atoms with Gasteiger partial charge in [0.2, 0.25) is 0 Å². The van der Waals surface area contributed by atoms with Crippen LogP contribution in [0.25, 0.3) is 0 Å². The Morgan fingerprint density at radius 1 is 1.31 bits per heavy atom. The van der Waals surface area contributed by atoms with Crippen molar-refractivity contribution in [2.24, 2.45) is 11.7 Å². The summed E-state index contributed by atoms with van der Waals surface area (Å²) in [6.07, 6.45) is 2.20. The Morgan fingerprint density at radius 2 is 1.92 bits per heavy atom. The molecular weight excluding hydrogens is 162 g/mol. The summed E-state index contributed by atoms with van der Waals surface area (Å²) in [7, 11) is 0. The van der Waals surface area contributed by atoms with Crippen molar-refractivity contribution in [1.82, 2.24) is 0 Å². The highest BCUT2D eigenvalue weighted by Crippen LogP contribution is 2.44. The van der Waals surface area contributed by atoms with Crippen LogP contribution in [0.2, 0.25) is 0 Å². The van der Waals surface area contributed by atoms with Crippen LogP contribution in [0.15, 0.2) is 30.3 Å². The third kappa shape index (κ3) is 1.47. The van der Waals surface area contributed by atoms with Gasteiger partial charge in [-0.25, -0.2) is 0 Å². The summed E-state index contributed by atoms with van der Waals surface area (Å²) in [6.45, 7) is 0.321. The molecule has 2 nitrogen and oxygen atoms in total. The Morgan fingerprint density at radius 3 is 2.38 bits per heavy atom. The van der Waals surface area contributed by atoms with Crippen LogP contribution in [0.1, 0.15) is 18.4 Å². The Balaban J connectivity index is 2.30. The number of hydrogen-bond donors (Lipinski definition) is 2. The largest absolute Gasteiger partial charge is 0.384 e. The molecule has 13 heavy (non-hydrogen) atoms. The van der Waals surface area contributed by atoms with Gasteiger partial charge in [0.15, 0.2) is 0 Å². The average Bonchev–Trinajstić information content (AvgIpc) is 3.02. The molecule has 1 aromatic carbocycles. The van der Waals surface area contributed by atoms with Gasteiger partial charge in [0, 0.05) is 6.54 Å². The molecule has 3 N–H and O–H groups in total. The van der Waals surface area contributed by atoms with Gasteiger partial charge in [-0.15, -0.1) is 0 Å². The van der Waals surface area contributed by atoms with E-state index in [0.29, 0.717) is 12.5 Å². The van der Waals surface area contributed by atoms with Crippen LogP contribution in [0.4, 0.5) is 0 Å². The lowest BCUT2D eigenvalue weighted by Gasteiger charge is -2.26. The Labute approximate surface area is 78.4 Å². The molecule has 0 spiro atoms. The predicted molar refractivity (Wildman–Crippen MR) is 52.1 cm³/mol. The van der Waals surface area contributed by atoms with E-state index in [9.17, 15) is 5.11 Å². The van der Waals surface area contributed by atoms with Crippen molar-refractivity contribution >= 4 is 0 Å². The minimum absolute atomic E-state index is 0.321. The predicted octanol–water partition coefficient (Wildman–Crippen LogP) is 1.24. The summed E-state index contributed by atoms with van der Waals surface area (Å²) >= 11 is 0. The molecule has 0 radical (unpaired) electrons. The molecule has 2 heteroatoms. The average molecular weight is 177 g/mol. The molecule has 0 aromatic heterocycles. The van der Waals surface area contributed by atoms with Crippen LogP contribution in [-0.4, -0.2) is 11.7 Å². The molecule has 1 saturated carbocycles. The van der Waals surface area contributed by atoms with Crippen LogP contribution in [0, 0.1) is 5.92 Å². The molecule has 70 valence electrons. The number of benzene rings is 1. The van der Waals surface area contributed by atoms with Crippen molar-refractivity contribution in [2.45, 2.75) is 18.4 Å². The van der Waals surface area contributed by atoms with Crippen LogP contribution in [0.3, 0.4) is 0 Å². The van der Waals surface area contributed by atoms with E-state index >= 15 is 0 Å². The standard InChI is InChI=1S/C11H15NO/c12-8-11(13,10-6-7-10)9-4-2-1-3-5-9/h1-5,10,13H,6-8,12H2/t11-/m0/s1. The maximum Gasteiger partial charge on any atom is 0.105 e. The molecule has 0 saturated heterocycles. The lowest BCUT2D eigenvalue weighted by molar-refractivity contribution is 0.0222. The van der Waals surface area contributed by atoms with Crippen molar-refractivity contribution in [3.63, 3.8) is 0 Å². The maximum atomic E-state index is 10.3. The van der Waals surface area contributed by atoms with Gasteiger partial charge in [0.25, 0.3) is 0 Å². The summed E-state index contributed by atoms with van der Waals surface area (Å²) in [5.41, 5.74) is 5.81. The minimum atomic E-state index is -0.777. The van der Waals surface area contributed by atoms with Crippen molar-refractivity contribution < 1.29 is 5.11 Å². The van der Waals surface area contributed by atoms with E-state index in [4.69, 9.17) is 5.73 Å². The molecular formula is C11H15NO. The monoisotopic (exact) mass is 177 g/mol. The first-order chi connectivity index (χ1) is 6.27. The smallest absolute Gasteiger partial charge is 0.105 e. The normalized spacial score (nSPS) is 21.1. The first-order valence-electron chi connectivity index (χ1n) is 4.75. The second-order valence-electron chi connectivity index (χ2n) is 3.77. The van der Waals surface area contributed by atoms with Crippen molar-refractivity contribution in [1.29, 1.82) is 0 Å². The highest BCUT2D eigenvalue weighted by Gasteiger charge is 2.43. The molecule has 1 fully saturated rings. The molecule has 0 unspecified atom stereocenters. The van der Waals surface area contributed by atoms with Crippen LogP contribution >= 0.6 is 0 Å². The SMILES string of the molecule is NC[C@](O)(c1ccccc1)C1CC1. The summed E-state index contributed by atoms with van der Waals surface area (Å²) in [5.74, 6) is 0.375. The second kappa shape index (κ2) is 3.13. The molecule has 1 aliphatic rings. The zero-order chi connectivity index (χ0) is 9.31. The second-order valence-corrected chi connectivity index (χ2v) is 3.77. The summed E-state index contributed by atoms with van der Waals surface area (Å²) in [5, 5.41) is 10.3. The maximum absolute atomic E-state index is 10.3. The molecule has 1 aromatic rings. The van der Waals surface area contributed by atoms with Gasteiger partial charge in [0.1, 0.15) is 5.60 Å². The third-order valence-corrected chi connectivity index (χ3v) is 2.84. The molecule has 2 rings (SSSR count). The number of aliphatic hydroxyl groups is 1. The van der Waals surface area contributed by atoms with Crippen LogP contribution < -0.4 is 5.73 Å². The fraction of sp³-hybridized carbons (Fsp3) is 0.455. The van der Waals surface area contributed by atoms with E-state index < -0.39 is 5.60 Å². The zero-order valence-corrected chi connectivity index (χ0v) is 7.61. The van der Waals surface area contributed by atoms with Crippen molar-refractivity contribution in [2.75, 3.05) is 6.54 Å². The summed E-state index contributed by atoms with van der Waals surface area (Å²) < 4.78 is 0. The lowest BCUT2D eigenvalue weighted by atomic mass is 9.89. The summed E-state index contributed by atoms with van der Waals surface area (Å²) in [6, 6.07) is 9.74. The molecule has 1 atom stereocenters. The first kappa shape index (κ1) is 8.73. The van der Waals surface area contributed by atoms with Gasteiger partial charge in [-0.05, 0) is 24.3 Å². The quantitative estimate of drug-likeness (QED) is 0.729. The number of rotatable bonds is 3. The van der Waals surface area contributed by atoms with Gasteiger partial charge in [-0.3, -0.25) is 0 Å². The van der Waals surface area contributed by atoms with Crippen LogP contribution in [0.5, 0.6) is 0 Å². The molecule has 0 bridgehead atoms. The van der Waals surface area contributed by atoms with Gasteiger partial charge >= 0.3 is 0 Å². The highest BCUT2D eigenvalue weighted by molar-refractivity contribution is 5.25. The molecule has 0 aliphatic heterocycles. The van der Waals surface area contributed by atoms with Gasteiger partial charge in [-0.2, -0.15) is 0 Å². The van der Waals surface area contributed by atoms with Crippen molar-refractivity contribution in [3.8, 4) is 0 Å². The van der Waals surface area contributed by atoms with E-state index in [-0.39, 0.29) is 0 Å². The molecule has 0 amide bonds. The van der Waals surface area contributed by atoms with Gasteiger partial charge < -0.3 is 10.8 Å². The summed E-state index contributed by atoms with van der Waals surface area (Å²) in [4.78, 5) is 0. The number of hydrogen-bond acceptors (Lipinski definition) is 2. The minimum Gasteiger partial charge on any atom is -0.384 e. The third-order valence-electron chi connectivity index (χ3n) is 2.84. The van der Waals surface area contributed by atoms with E-state index in [2.05, 4.69) is 0 Å². The van der Waals surface area contributed by atoms with Gasteiger partial charge in [0.05, 0.1) is 0 Å². The van der Waals surface area contributed by atoms with E-state index in [0.717, 1.165) is 18.4 Å². The van der Waals surface area contributed by atoms with Gasteiger partial charge in [-0.1, -0.05) is 30.3 Å². The topological polar surface area (TPSA) is 46.2 Å². The Kier molecular flexibility index (Phi) is 2.10. The zero-order valence-electron chi connectivity index (χ0n) is 7.61. The Bertz CT molecular complexity index is 281. The van der Waals surface area contributed by atoms with Crippen molar-refractivity contribution in [3.05, 3.63) is 35.9 Å². The van der Waals surface area contributed by atoms with Crippen LogP contribution in [-0.2, 0) is 5.60 Å². The van der Waals surface area contributed by atoms with E-state index in [1.807, 2.05) is 30.3 Å². The van der Waals surface area contributed by atoms with E-state index in [1.54, 1.807) is 0 Å². The van der Waals surface area contributed by atoms with E-state index in [1.165, 1.54) is 0 Å². The Hall–Kier alpha value is -0.860. The lowest BCUT2D eigenvalue weighted by Crippen LogP contribution is -2.37. The fourth-order valence-electron chi connectivity index (χ4n) is 1.81. The highest BCUT2D eigenvalue weighted by atomic mass is 16.3. The fourth-order valence-corrected chi connectivity index (χ4v) is 1.81. The number of nitrogens with two attached hydrogens (primary N) is 1.